The molecule has 0 saturated carbocycles. The van der Waals surface area contributed by atoms with Crippen molar-refractivity contribution in [1.82, 2.24) is 4.98 Å². The van der Waals surface area contributed by atoms with Crippen LogP contribution < -0.4 is 9.04 Å². The molecule has 0 atom stereocenters. The van der Waals surface area contributed by atoms with Crippen molar-refractivity contribution in [3.8, 4) is 11.5 Å². The second-order valence-electron chi connectivity index (χ2n) is 7.30. The number of pyridine rings is 1. The van der Waals surface area contributed by atoms with Crippen LogP contribution in [-0.2, 0) is 16.6 Å². The van der Waals surface area contributed by atoms with Gasteiger partial charge in [-0.1, -0.05) is 36.0 Å². The summed E-state index contributed by atoms with van der Waals surface area (Å²) in [4.78, 5) is 5.96. The molecule has 3 aromatic carbocycles. The van der Waals surface area contributed by atoms with Gasteiger partial charge in [0.2, 0.25) is 0 Å². The summed E-state index contributed by atoms with van der Waals surface area (Å²) >= 11 is 1.60. The molecule has 35 heavy (non-hydrogen) atoms. The van der Waals surface area contributed by atoms with Gasteiger partial charge >= 0.3 is 15.5 Å². The minimum atomic E-state index is -5.63. The fourth-order valence-corrected chi connectivity index (χ4v) is 4.92. The maximum atomic E-state index is 13.3. The van der Waals surface area contributed by atoms with Gasteiger partial charge in [-0.25, -0.2) is 0 Å². The van der Waals surface area contributed by atoms with Gasteiger partial charge in [-0.15, -0.1) is 0 Å². The minimum absolute atomic E-state index is 0.145. The Morgan fingerprint density at radius 1 is 0.800 bits per heavy atom. The van der Waals surface area contributed by atoms with E-state index in [2.05, 4.69) is 4.98 Å². The smallest absolute Gasteiger partial charge is 0.457 e. The molecular formula is C25H19F3N2O3S2. The summed E-state index contributed by atoms with van der Waals surface area (Å²) in [7, 11) is -5.63. The molecule has 0 aliphatic rings. The van der Waals surface area contributed by atoms with Crippen LogP contribution in [0.5, 0.6) is 11.5 Å². The first-order chi connectivity index (χ1) is 16.7. The lowest BCUT2D eigenvalue weighted by Gasteiger charge is -2.25. The Bertz CT molecular complexity index is 1350. The maximum Gasteiger partial charge on any atom is 0.516 e. The van der Waals surface area contributed by atoms with Gasteiger partial charge in [0.1, 0.15) is 11.5 Å². The first-order valence-corrected chi connectivity index (χ1v) is 12.6. The average Bonchev–Trinajstić information content (AvgIpc) is 2.85. The van der Waals surface area contributed by atoms with Gasteiger partial charge in [0.15, 0.2) is 0 Å². The van der Waals surface area contributed by atoms with Gasteiger partial charge in [0.05, 0.1) is 12.2 Å². The number of benzene rings is 3. The van der Waals surface area contributed by atoms with Crippen LogP contribution in [0.1, 0.15) is 5.56 Å². The van der Waals surface area contributed by atoms with Crippen LogP contribution >= 0.6 is 11.8 Å². The Labute approximate surface area is 205 Å². The fourth-order valence-electron chi connectivity index (χ4n) is 3.11. The summed E-state index contributed by atoms with van der Waals surface area (Å²) in [5.41, 5.74) is -5.29. The molecule has 5 nitrogen and oxygen atoms in total. The molecule has 0 unspecified atom stereocenters. The quantitative estimate of drug-likeness (QED) is 0.255. The monoisotopic (exact) mass is 516 g/mol. The number of nitrogens with zero attached hydrogens (tertiary/aromatic N) is 2. The predicted molar refractivity (Wildman–Crippen MR) is 129 cm³/mol. The van der Waals surface area contributed by atoms with Crippen molar-refractivity contribution in [3.63, 3.8) is 0 Å². The van der Waals surface area contributed by atoms with Gasteiger partial charge in [-0.05, 0) is 72.3 Å². The molecule has 1 heterocycles. The number of ether oxygens (including phenoxy) is 1. The first-order valence-electron chi connectivity index (χ1n) is 10.3. The number of alkyl halides is 3. The van der Waals surface area contributed by atoms with Gasteiger partial charge in [-0.3, -0.25) is 9.29 Å². The standard InChI is InChI=1S/C25H19F3N2O3S2/c26-25(27,28)35(31,32)30(18-19-5-4-16-29-17-19)20-8-10-21(11-9-20)33-22-12-14-24(15-13-22)34-23-6-2-1-3-7-23/h1-17H,18H2. The molecule has 0 spiro atoms. The highest BCUT2D eigenvalue weighted by Crippen LogP contribution is 2.34. The molecule has 180 valence electrons. The molecular weight excluding hydrogens is 497 g/mol. The van der Waals surface area contributed by atoms with Crippen molar-refractivity contribution >= 4 is 27.5 Å². The Balaban J connectivity index is 1.50. The van der Waals surface area contributed by atoms with E-state index in [-0.39, 0.29) is 5.69 Å². The van der Waals surface area contributed by atoms with Crippen LogP contribution in [0.2, 0.25) is 0 Å². The van der Waals surface area contributed by atoms with Crippen molar-refractivity contribution < 1.29 is 26.3 Å². The summed E-state index contributed by atoms with van der Waals surface area (Å²) in [6.07, 6.45) is 2.77. The Morgan fingerprint density at radius 2 is 1.40 bits per heavy atom. The van der Waals surface area contributed by atoms with Crippen LogP contribution in [0.15, 0.2) is 113 Å². The van der Waals surface area contributed by atoms with E-state index >= 15 is 0 Å². The van der Waals surface area contributed by atoms with Crippen LogP contribution in [0.3, 0.4) is 0 Å². The van der Waals surface area contributed by atoms with Gasteiger partial charge < -0.3 is 4.74 Å². The van der Waals surface area contributed by atoms with E-state index in [1.165, 1.54) is 48.8 Å². The number of sulfonamides is 1. The normalized spacial score (nSPS) is 11.7. The summed E-state index contributed by atoms with van der Waals surface area (Å²) in [5.74, 6) is 0.883. The van der Waals surface area contributed by atoms with Crippen molar-refractivity contribution in [2.24, 2.45) is 0 Å². The second kappa shape index (κ2) is 10.4. The number of aromatic nitrogens is 1. The zero-order chi connectivity index (χ0) is 24.9. The van der Waals surface area contributed by atoms with E-state index in [4.69, 9.17) is 4.74 Å². The molecule has 4 rings (SSSR count). The Morgan fingerprint density at radius 3 is 1.97 bits per heavy atom. The average molecular weight is 517 g/mol. The third kappa shape index (κ3) is 6.14. The van der Waals surface area contributed by atoms with Crippen LogP contribution in [0.4, 0.5) is 18.9 Å². The fraction of sp³-hybridized carbons (Fsp3) is 0.0800. The SMILES string of the molecule is O=S(=O)(N(Cc1cccnc1)c1ccc(Oc2ccc(Sc3ccccc3)cc2)cc1)C(F)(F)F. The number of rotatable bonds is 8. The highest BCUT2D eigenvalue weighted by Gasteiger charge is 2.50. The molecule has 0 N–H and O–H groups in total. The molecule has 0 bridgehead atoms. The molecule has 1 aromatic heterocycles. The van der Waals surface area contributed by atoms with Gasteiger partial charge in [0.25, 0.3) is 0 Å². The van der Waals surface area contributed by atoms with Crippen molar-refractivity contribution in [2.75, 3.05) is 4.31 Å². The lowest BCUT2D eigenvalue weighted by molar-refractivity contribution is -0.0438. The molecule has 0 aliphatic carbocycles. The molecule has 0 radical (unpaired) electrons. The predicted octanol–water partition coefficient (Wildman–Crippen LogP) is 6.88. The van der Waals surface area contributed by atoms with E-state index in [1.807, 2.05) is 42.5 Å². The Kier molecular flexibility index (Phi) is 7.32. The van der Waals surface area contributed by atoms with Gasteiger partial charge in [-0.2, -0.15) is 21.6 Å². The molecule has 4 aromatic rings. The van der Waals surface area contributed by atoms with Crippen LogP contribution in [-0.4, -0.2) is 18.9 Å². The zero-order valence-corrected chi connectivity index (χ0v) is 19.7. The highest BCUT2D eigenvalue weighted by atomic mass is 32.2. The van der Waals surface area contributed by atoms with E-state index in [1.54, 1.807) is 23.9 Å². The highest BCUT2D eigenvalue weighted by molar-refractivity contribution is 7.99. The molecule has 0 saturated heterocycles. The number of anilines is 1. The van der Waals surface area contributed by atoms with E-state index in [0.717, 1.165) is 9.79 Å². The maximum absolute atomic E-state index is 13.3. The lowest BCUT2D eigenvalue weighted by atomic mass is 10.2. The molecule has 0 amide bonds. The minimum Gasteiger partial charge on any atom is -0.457 e. The second-order valence-corrected chi connectivity index (χ2v) is 10.3. The van der Waals surface area contributed by atoms with Crippen molar-refractivity contribution in [3.05, 3.63) is 109 Å². The van der Waals surface area contributed by atoms with E-state index in [0.29, 0.717) is 21.4 Å². The largest absolute Gasteiger partial charge is 0.516 e. The van der Waals surface area contributed by atoms with E-state index < -0.39 is 22.1 Å². The van der Waals surface area contributed by atoms with Gasteiger partial charge in [0, 0.05) is 22.2 Å². The topological polar surface area (TPSA) is 59.5 Å². The number of hydrogen-bond donors (Lipinski definition) is 0. The van der Waals surface area contributed by atoms with Crippen LogP contribution in [0, 0.1) is 0 Å². The summed E-state index contributed by atoms with van der Waals surface area (Å²) < 4.78 is 70.6. The Hall–Kier alpha value is -3.50. The van der Waals surface area contributed by atoms with Crippen molar-refractivity contribution in [2.45, 2.75) is 21.8 Å². The summed E-state index contributed by atoms with van der Waals surface area (Å²) in [6.45, 7) is -0.517. The van der Waals surface area contributed by atoms with Crippen molar-refractivity contribution in [1.29, 1.82) is 0 Å². The number of hydrogen-bond acceptors (Lipinski definition) is 5. The zero-order valence-electron chi connectivity index (χ0n) is 18.1. The third-order valence-corrected chi connectivity index (χ3v) is 7.32. The molecule has 0 fully saturated rings. The lowest BCUT2D eigenvalue weighted by Crippen LogP contribution is -2.40. The number of halogens is 3. The first kappa shape index (κ1) is 24.6. The third-order valence-electron chi connectivity index (χ3n) is 4.79. The summed E-state index contributed by atoms with van der Waals surface area (Å²) in [6, 6.07) is 25.6. The van der Waals surface area contributed by atoms with E-state index in [9.17, 15) is 21.6 Å². The summed E-state index contributed by atoms with van der Waals surface area (Å²) in [5, 5.41) is 0. The molecule has 0 aliphatic heterocycles. The van der Waals surface area contributed by atoms with Crippen LogP contribution in [0.25, 0.3) is 0 Å². The molecule has 10 heteroatoms.